The van der Waals surface area contributed by atoms with E-state index in [1.807, 2.05) is 19.1 Å². The molecule has 0 bridgehead atoms. The second-order valence-electron chi connectivity index (χ2n) is 8.00. The van der Waals surface area contributed by atoms with E-state index in [0.29, 0.717) is 37.6 Å². The number of dihydropyridines is 1. The third kappa shape index (κ3) is 3.82. The zero-order chi connectivity index (χ0) is 21.3. The number of carbonyl (C=O) groups excluding carboxylic acids is 2. The largest absolute Gasteiger partial charge is 0.490 e. The summed E-state index contributed by atoms with van der Waals surface area (Å²) in [7, 11) is 0. The Morgan fingerprint density at radius 3 is 2.10 bits per heavy atom. The Labute approximate surface area is 186 Å². The lowest BCUT2D eigenvalue weighted by molar-refractivity contribution is -0.117. The summed E-state index contributed by atoms with van der Waals surface area (Å²) in [6, 6.07) is 3.87. The van der Waals surface area contributed by atoms with Crippen LogP contribution >= 0.6 is 15.9 Å². The molecule has 5 nitrogen and oxygen atoms in total. The van der Waals surface area contributed by atoms with Crippen LogP contribution in [0.5, 0.6) is 11.5 Å². The average Bonchev–Trinajstić information content (AvgIpc) is 2.73. The monoisotopic (exact) mass is 473 g/mol. The van der Waals surface area contributed by atoms with E-state index in [0.717, 1.165) is 64.7 Å². The van der Waals surface area contributed by atoms with Crippen molar-refractivity contribution < 1.29 is 19.1 Å². The summed E-state index contributed by atoms with van der Waals surface area (Å²) in [5.74, 6) is 1.24. The number of ether oxygens (including phenoxy) is 2. The van der Waals surface area contributed by atoms with E-state index in [-0.39, 0.29) is 17.5 Å². The van der Waals surface area contributed by atoms with E-state index in [1.165, 1.54) is 0 Å². The predicted octanol–water partition coefficient (Wildman–Crippen LogP) is 5.34. The van der Waals surface area contributed by atoms with Gasteiger partial charge < -0.3 is 14.8 Å². The Kier molecular flexibility index (Phi) is 6.32. The summed E-state index contributed by atoms with van der Waals surface area (Å²) >= 11 is 3.71. The maximum Gasteiger partial charge on any atom is 0.162 e. The summed E-state index contributed by atoms with van der Waals surface area (Å²) in [4.78, 5) is 26.0. The molecule has 0 saturated heterocycles. The highest BCUT2D eigenvalue weighted by Gasteiger charge is 2.41. The van der Waals surface area contributed by atoms with Crippen LogP contribution in [0.1, 0.15) is 70.3 Å². The average molecular weight is 474 g/mol. The third-order valence-corrected chi connectivity index (χ3v) is 6.61. The molecule has 6 heteroatoms. The smallest absolute Gasteiger partial charge is 0.162 e. The first kappa shape index (κ1) is 21.2. The van der Waals surface area contributed by atoms with E-state index >= 15 is 0 Å². The molecular formula is C24H28BrNO4. The van der Waals surface area contributed by atoms with E-state index in [9.17, 15) is 9.59 Å². The van der Waals surface area contributed by atoms with Crippen LogP contribution < -0.4 is 14.8 Å². The number of benzene rings is 1. The van der Waals surface area contributed by atoms with Gasteiger partial charge in [-0.25, -0.2) is 0 Å². The van der Waals surface area contributed by atoms with Crippen molar-refractivity contribution in [1.29, 1.82) is 0 Å². The summed E-state index contributed by atoms with van der Waals surface area (Å²) in [6.07, 6.45) is 5.34. The van der Waals surface area contributed by atoms with Crippen molar-refractivity contribution >= 4 is 27.5 Å². The van der Waals surface area contributed by atoms with Gasteiger partial charge in [0.2, 0.25) is 0 Å². The highest BCUT2D eigenvalue weighted by atomic mass is 79.9. The van der Waals surface area contributed by atoms with E-state index in [4.69, 9.17) is 9.47 Å². The lowest BCUT2D eigenvalue weighted by Crippen LogP contribution is -2.36. The third-order valence-electron chi connectivity index (χ3n) is 5.93. The van der Waals surface area contributed by atoms with Crippen LogP contribution in [0, 0.1) is 0 Å². The quantitative estimate of drug-likeness (QED) is 0.603. The first-order chi connectivity index (χ1) is 14.5. The SMILES string of the molecule is CCCOc1cc(Br)c(C2C3=C(CCCC3=O)NC3=C2C(=O)CCC3)cc1OCC. The molecule has 0 fully saturated rings. The normalized spacial score (nSPS) is 19.4. The molecule has 1 aliphatic heterocycles. The van der Waals surface area contributed by atoms with Gasteiger partial charge in [0.15, 0.2) is 23.1 Å². The van der Waals surface area contributed by atoms with Crippen molar-refractivity contribution in [2.75, 3.05) is 13.2 Å². The maximum absolute atomic E-state index is 13.0. The Morgan fingerprint density at radius 2 is 1.53 bits per heavy atom. The number of nitrogens with one attached hydrogen (secondary N) is 1. The second-order valence-corrected chi connectivity index (χ2v) is 8.85. The van der Waals surface area contributed by atoms with Gasteiger partial charge in [-0.2, -0.15) is 0 Å². The Bertz CT molecular complexity index is 905. The molecule has 2 aliphatic carbocycles. The van der Waals surface area contributed by atoms with Crippen LogP contribution in [0.25, 0.3) is 0 Å². The van der Waals surface area contributed by atoms with Crippen molar-refractivity contribution in [3.05, 3.63) is 44.7 Å². The molecule has 1 aromatic rings. The molecule has 30 heavy (non-hydrogen) atoms. The van der Waals surface area contributed by atoms with Gasteiger partial charge in [0.25, 0.3) is 0 Å². The van der Waals surface area contributed by atoms with Crippen LogP contribution in [0.2, 0.25) is 0 Å². The fourth-order valence-corrected chi connectivity index (χ4v) is 5.21. The molecule has 1 aromatic carbocycles. The van der Waals surface area contributed by atoms with Crippen molar-refractivity contribution in [3.8, 4) is 11.5 Å². The number of Topliss-reactive ketones (excluding diaryl/α,β-unsaturated/α-hetero) is 2. The highest BCUT2D eigenvalue weighted by molar-refractivity contribution is 9.10. The Balaban J connectivity index is 1.88. The molecule has 160 valence electrons. The maximum atomic E-state index is 13.0. The molecular weight excluding hydrogens is 446 g/mol. The number of rotatable bonds is 6. The number of ketones is 2. The molecule has 0 amide bonds. The van der Waals surface area contributed by atoms with Crippen molar-refractivity contribution in [3.63, 3.8) is 0 Å². The van der Waals surface area contributed by atoms with Crippen molar-refractivity contribution in [2.45, 2.75) is 64.7 Å². The Hall–Kier alpha value is -2.08. The van der Waals surface area contributed by atoms with Crippen LogP contribution in [0.4, 0.5) is 0 Å². The van der Waals surface area contributed by atoms with E-state index < -0.39 is 0 Å². The summed E-state index contributed by atoms with van der Waals surface area (Å²) < 4.78 is 12.6. The molecule has 4 rings (SSSR count). The zero-order valence-electron chi connectivity index (χ0n) is 17.6. The van der Waals surface area contributed by atoms with E-state index in [1.54, 1.807) is 0 Å². The van der Waals surface area contributed by atoms with Crippen LogP contribution in [-0.2, 0) is 9.59 Å². The van der Waals surface area contributed by atoms with Gasteiger partial charge in [0.05, 0.1) is 13.2 Å². The predicted molar refractivity (Wildman–Crippen MR) is 119 cm³/mol. The number of halogens is 1. The molecule has 0 saturated carbocycles. The van der Waals surface area contributed by atoms with Crippen LogP contribution in [-0.4, -0.2) is 24.8 Å². The van der Waals surface area contributed by atoms with Crippen molar-refractivity contribution in [2.24, 2.45) is 0 Å². The lowest BCUT2D eigenvalue weighted by Gasteiger charge is -2.37. The first-order valence-electron chi connectivity index (χ1n) is 10.9. The number of allylic oxidation sites excluding steroid dienone is 4. The molecule has 0 atom stereocenters. The standard InChI is InChI=1S/C24H28BrNO4/c1-3-11-30-21-13-15(25)14(12-20(21)29-4-2)22-23-16(7-5-9-18(23)27)26-17-8-6-10-19(28)24(17)22/h12-13,22,26H,3-11H2,1-2H3. The fourth-order valence-electron chi connectivity index (χ4n) is 4.66. The van der Waals surface area contributed by atoms with Crippen LogP contribution in [0.3, 0.4) is 0 Å². The van der Waals surface area contributed by atoms with Gasteiger partial charge in [-0.05, 0) is 56.7 Å². The topological polar surface area (TPSA) is 64.6 Å². The minimum absolute atomic E-state index is 0.134. The number of hydrogen-bond acceptors (Lipinski definition) is 5. The number of hydrogen-bond donors (Lipinski definition) is 1. The van der Waals surface area contributed by atoms with E-state index in [2.05, 4.69) is 28.2 Å². The minimum atomic E-state index is -0.356. The molecule has 1 heterocycles. The molecule has 0 spiro atoms. The van der Waals surface area contributed by atoms with Gasteiger partial charge >= 0.3 is 0 Å². The lowest BCUT2D eigenvalue weighted by atomic mass is 9.71. The molecule has 0 radical (unpaired) electrons. The van der Waals surface area contributed by atoms with Gasteiger partial charge in [0.1, 0.15) is 0 Å². The van der Waals surface area contributed by atoms with Gasteiger partial charge in [0, 0.05) is 45.8 Å². The highest BCUT2D eigenvalue weighted by Crippen LogP contribution is 2.49. The first-order valence-corrected chi connectivity index (χ1v) is 11.7. The van der Waals surface area contributed by atoms with Gasteiger partial charge in [-0.3, -0.25) is 9.59 Å². The zero-order valence-corrected chi connectivity index (χ0v) is 19.2. The molecule has 3 aliphatic rings. The summed E-state index contributed by atoms with van der Waals surface area (Å²) in [6.45, 7) is 5.10. The molecule has 1 N–H and O–H groups in total. The molecule has 0 aromatic heterocycles. The minimum Gasteiger partial charge on any atom is -0.490 e. The number of carbonyl (C=O) groups is 2. The van der Waals surface area contributed by atoms with Gasteiger partial charge in [-0.1, -0.05) is 22.9 Å². The fraction of sp³-hybridized carbons (Fsp3) is 0.500. The Morgan fingerprint density at radius 1 is 0.933 bits per heavy atom. The summed E-state index contributed by atoms with van der Waals surface area (Å²) in [5, 5.41) is 3.46. The molecule has 0 unspecified atom stereocenters. The van der Waals surface area contributed by atoms with Gasteiger partial charge in [-0.15, -0.1) is 0 Å². The second kappa shape index (κ2) is 8.96. The van der Waals surface area contributed by atoms with Crippen molar-refractivity contribution in [1.82, 2.24) is 5.32 Å². The summed E-state index contributed by atoms with van der Waals surface area (Å²) in [5.41, 5.74) is 4.37. The van der Waals surface area contributed by atoms with Crippen LogP contribution in [0.15, 0.2) is 39.1 Å².